The molecule has 0 aromatic heterocycles. The van der Waals surface area contributed by atoms with E-state index >= 15 is 0 Å². The third kappa shape index (κ3) is 10.2. The van der Waals surface area contributed by atoms with Crippen molar-refractivity contribution >= 4 is 17.9 Å². The van der Waals surface area contributed by atoms with Crippen LogP contribution in [0, 0.1) is 0 Å². The van der Waals surface area contributed by atoms with Crippen molar-refractivity contribution in [2.75, 3.05) is 5.32 Å². The smallest absolute Gasteiger partial charge is 0.224 e. The van der Waals surface area contributed by atoms with Crippen molar-refractivity contribution in [3.8, 4) is 0 Å². The first-order valence-electron chi connectivity index (χ1n) is 9.61. The van der Waals surface area contributed by atoms with E-state index < -0.39 is 0 Å². The Bertz CT molecular complexity index is 453. The van der Waals surface area contributed by atoms with Gasteiger partial charge in [-0.1, -0.05) is 71.1 Å². The summed E-state index contributed by atoms with van der Waals surface area (Å²) >= 11 is 0. The second-order valence-electron chi connectivity index (χ2n) is 6.57. The predicted molar refractivity (Wildman–Crippen MR) is 102 cm³/mol. The Balaban J connectivity index is 1.95. The van der Waals surface area contributed by atoms with Crippen LogP contribution in [0.15, 0.2) is 24.3 Å². The first-order valence-corrected chi connectivity index (χ1v) is 9.61. The molecule has 1 aromatic carbocycles. The van der Waals surface area contributed by atoms with Gasteiger partial charge in [0.1, 0.15) is 6.29 Å². The lowest BCUT2D eigenvalue weighted by Gasteiger charge is -2.05. The minimum atomic E-state index is 0.0600. The largest absolute Gasteiger partial charge is 0.326 e. The molecule has 0 saturated heterocycles. The van der Waals surface area contributed by atoms with Crippen molar-refractivity contribution < 1.29 is 9.59 Å². The van der Waals surface area contributed by atoms with Gasteiger partial charge < -0.3 is 5.32 Å². The molecule has 3 heteroatoms. The quantitative estimate of drug-likeness (QED) is 0.329. The summed E-state index contributed by atoms with van der Waals surface area (Å²) in [7, 11) is 0. The van der Waals surface area contributed by atoms with Crippen LogP contribution in [0.4, 0.5) is 5.69 Å². The number of carbonyl (C=O) groups excluding carboxylic acids is 2. The Morgan fingerprint density at radius 2 is 1.33 bits per heavy atom. The van der Waals surface area contributed by atoms with E-state index in [0.29, 0.717) is 12.0 Å². The number of nitrogens with one attached hydrogen (secondary N) is 1. The van der Waals surface area contributed by atoms with Crippen molar-refractivity contribution in [2.45, 2.75) is 84.0 Å². The molecule has 24 heavy (non-hydrogen) atoms. The zero-order chi connectivity index (χ0) is 17.5. The fourth-order valence-corrected chi connectivity index (χ4v) is 2.82. The molecule has 0 unspecified atom stereocenters. The molecule has 0 spiro atoms. The fourth-order valence-electron chi connectivity index (χ4n) is 2.82. The number of rotatable bonds is 14. The van der Waals surface area contributed by atoms with Gasteiger partial charge in [0.2, 0.25) is 5.91 Å². The molecule has 0 fully saturated rings. The number of benzene rings is 1. The topological polar surface area (TPSA) is 46.2 Å². The van der Waals surface area contributed by atoms with Gasteiger partial charge in [-0.25, -0.2) is 0 Å². The molecule has 1 N–H and O–H groups in total. The molecule has 134 valence electrons. The summed E-state index contributed by atoms with van der Waals surface area (Å²) in [4.78, 5) is 22.4. The van der Waals surface area contributed by atoms with Crippen molar-refractivity contribution in [1.82, 2.24) is 0 Å². The van der Waals surface area contributed by atoms with E-state index in [2.05, 4.69) is 12.2 Å². The molecule has 0 heterocycles. The Morgan fingerprint density at radius 1 is 0.833 bits per heavy atom. The lowest BCUT2D eigenvalue weighted by molar-refractivity contribution is -0.116. The maximum atomic E-state index is 11.8. The van der Waals surface area contributed by atoms with Gasteiger partial charge in [0, 0.05) is 17.7 Å². The molecule has 0 radical (unpaired) electrons. The second-order valence-corrected chi connectivity index (χ2v) is 6.57. The van der Waals surface area contributed by atoms with Crippen LogP contribution in [0.1, 0.15) is 94.3 Å². The standard InChI is InChI=1S/C21H33NO2/c1-2-3-4-5-6-7-8-9-10-11-12-13-21(24)22-20-16-14-19(18-23)15-17-20/h14-18H,2-13H2,1H3,(H,22,24). The molecule has 1 amide bonds. The van der Waals surface area contributed by atoms with Crippen LogP contribution in [-0.4, -0.2) is 12.2 Å². The van der Waals surface area contributed by atoms with Crippen molar-refractivity contribution in [3.05, 3.63) is 29.8 Å². The molecular formula is C21H33NO2. The zero-order valence-electron chi connectivity index (χ0n) is 15.2. The van der Waals surface area contributed by atoms with Crippen LogP contribution in [0.25, 0.3) is 0 Å². The fraction of sp³-hybridized carbons (Fsp3) is 0.619. The minimum absolute atomic E-state index is 0.0600. The molecule has 0 atom stereocenters. The Morgan fingerprint density at radius 3 is 1.83 bits per heavy atom. The van der Waals surface area contributed by atoms with Crippen molar-refractivity contribution in [3.63, 3.8) is 0 Å². The minimum Gasteiger partial charge on any atom is -0.326 e. The number of unbranched alkanes of at least 4 members (excludes halogenated alkanes) is 10. The number of amides is 1. The third-order valence-electron chi connectivity index (χ3n) is 4.34. The van der Waals surface area contributed by atoms with E-state index in [1.165, 1.54) is 57.8 Å². The molecule has 0 aliphatic carbocycles. The molecule has 0 bridgehead atoms. The monoisotopic (exact) mass is 331 g/mol. The number of carbonyl (C=O) groups is 2. The lowest BCUT2D eigenvalue weighted by Crippen LogP contribution is -2.10. The van der Waals surface area contributed by atoms with Crippen molar-refractivity contribution in [1.29, 1.82) is 0 Å². The molecule has 0 aliphatic heterocycles. The van der Waals surface area contributed by atoms with E-state index in [4.69, 9.17) is 0 Å². The number of aldehydes is 1. The first kappa shape index (κ1) is 20.4. The molecule has 3 nitrogen and oxygen atoms in total. The lowest BCUT2D eigenvalue weighted by atomic mass is 10.1. The van der Waals surface area contributed by atoms with E-state index in [0.717, 1.165) is 24.8 Å². The van der Waals surface area contributed by atoms with E-state index in [-0.39, 0.29) is 5.91 Å². The van der Waals surface area contributed by atoms with Gasteiger partial charge in [0.05, 0.1) is 0 Å². The van der Waals surface area contributed by atoms with Crippen LogP contribution in [-0.2, 0) is 4.79 Å². The highest BCUT2D eigenvalue weighted by molar-refractivity contribution is 5.91. The maximum absolute atomic E-state index is 11.8. The average Bonchev–Trinajstić information content (AvgIpc) is 2.60. The second kappa shape index (κ2) is 13.8. The molecular weight excluding hydrogens is 298 g/mol. The zero-order valence-corrected chi connectivity index (χ0v) is 15.2. The SMILES string of the molecule is CCCCCCCCCCCCCC(=O)Nc1ccc(C=O)cc1. The van der Waals surface area contributed by atoms with Crippen LogP contribution in [0.2, 0.25) is 0 Å². The summed E-state index contributed by atoms with van der Waals surface area (Å²) in [5.41, 5.74) is 1.38. The Hall–Kier alpha value is -1.64. The van der Waals surface area contributed by atoms with Gasteiger partial charge in [-0.3, -0.25) is 9.59 Å². The number of anilines is 1. The summed E-state index contributed by atoms with van der Waals surface area (Å²) in [6.07, 6.45) is 15.5. The average molecular weight is 332 g/mol. The predicted octanol–water partition coefficient (Wildman–Crippen LogP) is 6.14. The molecule has 0 aliphatic rings. The van der Waals surface area contributed by atoms with Crippen LogP contribution < -0.4 is 5.32 Å². The third-order valence-corrected chi connectivity index (χ3v) is 4.34. The van der Waals surface area contributed by atoms with Gasteiger partial charge in [0.15, 0.2) is 0 Å². The molecule has 1 rings (SSSR count). The van der Waals surface area contributed by atoms with Gasteiger partial charge in [-0.05, 0) is 30.7 Å². The van der Waals surface area contributed by atoms with Gasteiger partial charge >= 0.3 is 0 Å². The van der Waals surface area contributed by atoms with E-state index in [1.54, 1.807) is 24.3 Å². The maximum Gasteiger partial charge on any atom is 0.224 e. The first-order chi connectivity index (χ1) is 11.8. The van der Waals surface area contributed by atoms with E-state index in [1.807, 2.05) is 0 Å². The highest BCUT2D eigenvalue weighted by Crippen LogP contribution is 2.13. The Labute approximate surface area is 147 Å². The number of hydrogen-bond acceptors (Lipinski definition) is 2. The normalized spacial score (nSPS) is 10.5. The summed E-state index contributed by atoms with van der Waals surface area (Å²) < 4.78 is 0. The van der Waals surface area contributed by atoms with Crippen LogP contribution in [0.3, 0.4) is 0 Å². The summed E-state index contributed by atoms with van der Waals surface area (Å²) in [5, 5.41) is 2.87. The van der Waals surface area contributed by atoms with Gasteiger partial charge in [-0.2, -0.15) is 0 Å². The summed E-state index contributed by atoms with van der Waals surface area (Å²) in [5.74, 6) is 0.0600. The summed E-state index contributed by atoms with van der Waals surface area (Å²) in [6, 6.07) is 6.96. The highest BCUT2D eigenvalue weighted by Gasteiger charge is 2.02. The number of hydrogen-bond donors (Lipinski definition) is 1. The highest BCUT2D eigenvalue weighted by atomic mass is 16.1. The summed E-state index contributed by atoms with van der Waals surface area (Å²) in [6.45, 7) is 2.25. The van der Waals surface area contributed by atoms with E-state index in [9.17, 15) is 9.59 Å². The van der Waals surface area contributed by atoms with Gasteiger partial charge in [0.25, 0.3) is 0 Å². The molecule has 1 aromatic rings. The van der Waals surface area contributed by atoms with Crippen molar-refractivity contribution in [2.24, 2.45) is 0 Å². The van der Waals surface area contributed by atoms with Crippen LogP contribution in [0.5, 0.6) is 0 Å². The Kier molecular flexibility index (Phi) is 11.7. The molecule has 0 saturated carbocycles. The van der Waals surface area contributed by atoms with Gasteiger partial charge in [-0.15, -0.1) is 0 Å². The van der Waals surface area contributed by atoms with Crippen LogP contribution >= 0.6 is 0 Å².